The van der Waals surface area contributed by atoms with Gasteiger partial charge < -0.3 is 10.2 Å². The van der Waals surface area contributed by atoms with Crippen molar-refractivity contribution in [2.75, 3.05) is 25.0 Å². The molecule has 0 radical (unpaired) electrons. The molecule has 5 nitrogen and oxygen atoms in total. The molecule has 1 rings (SSSR count). The van der Waals surface area contributed by atoms with E-state index in [1.807, 2.05) is 0 Å². The fourth-order valence-corrected chi connectivity index (χ4v) is 2.03. The first-order valence-corrected chi connectivity index (χ1v) is 7.45. The smallest absolute Gasteiger partial charge is 0.257 e. The van der Waals surface area contributed by atoms with Crippen LogP contribution in [0.3, 0.4) is 0 Å². The van der Waals surface area contributed by atoms with Gasteiger partial charge in [0.25, 0.3) is 5.91 Å². The van der Waals surface area contributed by atoms with Gasteiger partial charge in [0.05, 0.1) is 18.1 Å². The molecule has 0 aliphatic heterocycles. The fourth-order valence-electron chi connectivity index (χ4n) is 2.03. The Balaban J connectivity index is 2.94. The van der Waals surface area contributed by atoms with Gasteiger partial charge in [-0.05, 0) is 24.5 Å². The summed E-state index contributed by atoms with van der Waals surface area (Å²) in [6.45, 7) is 8.06. The van der Waals surface area contributed by atoms with Gasteiger partial charge in [-0.25, -0.2) is 4.98 Å². The van der Waals surface area contributed by atoms with Crippen LogP contribution in [0.15, 0.2) is 18.3 Å². The number of rotatable bonds is 8. The minimum Gasteiger partial charge on any atom is -0.369 e. The number of carbonyl (C=O) groups excluding carboxylic acids is 1. The highest BCUT2D eigenvalue weighted by Crippen LogP contribution is 2.15. The van der Waals surface area contributed by atoms with E-state index in [1.54, 1.807) is 23.2 Å². The van der Waals surface area contributed by atoms with Crippen molar-refractivity contribution in [2.45, 2.75) is 33.6 Å². The maximum atomic E-state index is 12.7. The summed E-state index contributed by atoms with van der Waals surface area (Å²) >= 11 is 0. The van der Waals surface area contributed by atoms with E-state index < -0.39 is 0 Å². The number of aromatic nitrogens is 1. The normalized spacial score (nSPS) is 10.2. The van der Waals surface area contributed by atoms with Crippen LogP contribution < -0.4 is 5.32 Å². The van der Waals surface area contributed by atoms with E-state index in [4.69, 9.17) is 5.26 Å². The molecule has 0 saturated carbocycles. The first-order chi connectivity index (χ1) is 10.1. The van der Waals surface area contributed by atoms with Crippen LogP contribution >= 0.6 is 0 Å². The highest BCUT2D eigenvalue weighted by Gasteiger charge is 2.20. The van der Waals surface area contributed by atoms with E-state index >= 15 is 0 Å². The second-order valence-corrected chi connectivity index (χ2v) is 5.38. The largest absolute Gasteiger partial charge is 0.369 e. The molecule has 0 unspecified atom stereocenters. The first kappa shape index (κ1) is 17.0. The van der Waals surface area contributed by atoms with Crippen molar-refractivity contribution in [3.8, 4) is 6.07 Å². The zero-order valence-electron chi connectivity index (χ0n) is 13.1. The first-order valence-electron chi connectivity index (χ1n) is 7.45. The summed E-state index contributed by atoms with van der Waals surface area (Å²) in [7, 11) is 0. The number of carbonyl (C=O) groups is 1. The molecule has 1 aromatic heterocycles. The summed E-state index contributed by atoms with van der Waals surface area (Å²) in [4.78, 5) is 18.7. The predicted octanol–water partition coefficient (Wildman–Crippen LogP) is 2.92. The van der Waals surface area contributed by atoms with Crippen LogP contribution in [-0.2, 0) is 0 Å². The third-order valence-corrected chi connectivity index (χ3v) is 2.95. The Morgan fingerprint density at radius 2 is 2.29 bits per heavy atom. The Morgan fingerprint density at radius 1 is 1.52 bits per heavy atom. The van der Waals surface area contributed by atoms with Gasteiger partial charge in [-0.3, -0.25) is 4.79 Å². The lowest BCUT2D eigenvalue weighted by molar-refractivity contribution is 0.0740. The van der Waals surface area contributed by atoms with Gasteiger partial charge in [0.2, 0.25) is 0 Å². The zero-order valence-corrected chi connectivity index (χ0v) is 13.1. The summed E-state index contributed by atoms with van der Waals surface area (Å²) in [5.41, 5.74) is 0.574. The van der Waals surface area contributed by atoms with Crippen LogP contribution in [0.2, 0.25) is 0 Å². The highest BCUT2D eigenvalue weighted by atomic mass is 16.2. The molecule has 1 N–H and O–H groups in total. The SMILES string of the molecule is CCCNc1ncccc1C(=O)N(CCC#N)CC(C)C. The van der Waals surface area contributed by atoms with Gasteiger partial charge in [0.1, 0.15) is 5.82 Å². The number of nitriles is 1. The summed E-state index contributed by atoms with van der Waals surface area (Å²) in [6, 6.07) is 5.65. The third kappa shape index (κ3) is 5.42. The number of pyridine rings is 1. The topological polar surface area (TPSA) is 69.0 Å². The fraction of sp³-hybridized carbons (Fsp3) is 0.562. The van der Waals surface area contributed by atoms with Gasteiger partial charge in [-0.2, -0.15) is 5.26 Å². The van der Waals surface area contributed by atoms with Gasteiger partial charge in [0.15, 0.2) is 0 Å². The van der Waals surface area contributed by atoms with Crippen LogP contribution in [0.1, 0.15) is 44.0 Å². The number of nitrogens with zero attached hydrogens (tertiary/aromatic N) is 3. The number of anilines is 1. The molecule has 114 valence electrons. The summed E-state index contributed by atoms with van der Waals surface area (Å²) in [6.07, 6.45) is 2.99. The van der Waals surface area contributed by atoms with Crippen molar-refractivity contribution < 1.29 is 4.79 Å². The zero-order chi connectivity index (χ0) is 15.7. The Labute approximate surface area is 127 Å². The monoisotopic (exact) mass is 288 g/mol. The Morgan fingerprint density at radius 3 is 2.90 bits per heavy atom. The molecule has 0 aliphatic carbocycles. The third-order valence-electron chi connectivity index (χ3n) is 2.95. The van der Waals surface area contributed by atoms with Crippen molar-refractivity contribution in [3.63, 3.8) is 0 Å². The number of hydrogen-bond acceptors (Lipinski definition) is 4. The quantitative estimate of drug-likeness (QED) is 0.798. The molecule has 0 aromatic carbocycles. The lowest BCUT2D eigenvalue weighted by Crippen LogP contribution is -2.35. The number of nitrogens with one attached hydrogen (secondary N) is 1. The molecule has 0 atom stereocenters. The highest BCUT2D eigenvalue weighted by molar-refractivity contribution is 5.98. The van der Waals surface area contributed by atoms with Gasteiger partial charge in [-0.1, -0.05) is 20.8 Å². The summed E-state index contributed by atoms with van der Waals surface area (Å²) < 4.78 is 0. The number of hydrogen-bond donors (Lipinski definition) is 1. The molecule has 0 bridgehead atoms. The van der Waals surface area contributed by atoms with Gasteiger partial charge in [-0.15, -0.1) is 0 Å². The average Bonchev–Trinajstić information content (AvgIpc) is 2.48. The maximum Gasteiger partial charge on any atom is 0.257 e. The van der Waals surface area contributed by atoms with Crippen LogP contribution in [0, 0.1) is 17.2 Å². The Hall–Kier alpha value is -2.09. The van der Waals surface area contributed by atoms with Crippen molar-refractivity contribution in [3.05, 3.63) is 23.9 Å². The van der Waals surface area contributed by atoms with Crippen LogP contribution in [0.5, 0.6) is 0 Å². The molecule has 1 heterocycles. The molecule has 5 heteroatoms. The van der Waals surface area contributed by atoms with E-state index in [0.717, 1.165) is 13.0 Å². The van der Waals surface area contributed by atoms with Crippen molar-refractivity contribution in [1.82, 2.24) is 9.88 Å². The van der Waals surface area contributed by atoms with E-state index in [-0.39, 0.29) is 5.91 Å². The lowest BCUT2D eigenvalue weighted by Gasteiger charge is -2.24. The van der Waals surface area contributed by atoms with Gasteiger partial charge in [0, 0.05) is 25.8 Å². The van der Waals surface area contributed by atoms with Crippen molar-refractivity contribution >= 4 is 11.7 Å². The van der Waals surface area contributed by atoms with Crippen molar-refractivity contribution in [1.29, 1.82) is 5.26 Å². The predicted molar refractivity (Wildman–Crippen MR) is 84.0 cm³/mol. The maximum absolute atomic E-state index is 12.7. The van der Waals surface area contributed by atoms with Crippen molar-refractivity contribution in [2.24, 2.45) is 5.92 Å². The van der Waals surface area contributed by atoms with Crippen LogP contribution in [0.25, 0.3) is 0 Å². The molecule has 21 heavy (non-hydrogen) atoms. The van der Waals surface area contributed by atoms with E-state index in [0.29, 0.717) is 36.8 Å². The van der Waals surface area contributed by atoms with Crippen LogP contribution in [-0.4, -0.2) is 35.4 Å². The summed E-state index contributed by atoms with van der Waals surface area (Å²) in [5.74, 6) is 0.914. The molecular weight excluding hydrogens is 264 g/mol. The molecule has 0 aliphatic rings. The second kappa shape index (κ2) is 8.96. The minimum absolute atomic E-state index is 0.0642. The molecule has 0 saturated heterocycles. The van der Waals surface area contributed by atoms with Gasteiger partial charge >= 0.3 is 0 Å². The lowest BCUT2D eigenvalue weighted by atomic mass is 10.1. The van der Waals surface area contributed by atoms with E-state index in [2.05, 4.69) is 37.1 Å². The minimum atomic E-state index is -0.0642. The Kier molecular flexibility index (Phi) is 7.24. The average molecular weight is 288 g/mol. The summed E-state index contributed by atoms with van der Waals surface area (Å²) in [5, 5.41) is 11.9. The second-order valence-electron chi connectivity index (χ2n) is 5.38. The number of amides is 1. The molecule has 0 fully saturated rings. The van der Waals surface area contributed by atoms with E-state index in [9.17, 15) is 4.79 Å². The molecule has 0 spiro atoms. The molecule has 1 amide bonds. The van der Waals surface area contributed by atoms with Crippen LogP contribution in [0.4, 0.5) is 5.82 Å². The van der Waals surface area contributed by atoms with E-state index in [1.165, 1.54) is 0 Å². The standard InChI is InChI=1S/C16H24N4O/c1-4-9-18-15-14(7-5-10-19-15)16(21)20(11-6-8-17)12-13(2)3/h5,7,10,13H,4,6,9,11-12H2,1-3H3,(H,18,19). The molecule has 1 aromatic rings. The molecular formula is C16H24N4O. The Bertz CT molecular complexity index is 493.